The van der Waals surface area contributed by atoms with Crippen LogP contribution in [0.1, 0.15) is 11.1 Å². The summed E-state index contributed by atoms with van der Waals surface area (Å²) in [4.78, 5) is 13.7. The maximum absolute atomic E-state index is 12.3. The Morgan fingerprint density at radius 2 is 1.73 bits per heavy atom. The lowest BCUT2D eigenvalue weighted by molar-refractivity contribution is 0.168. The van der Waals surface area contributed by atoms with Crippen LogP contribution in [0.2, 0.25) is 0 Å². The van der Waals surface area contributed by atoms with Crippen LogP contribution < -0.4 is 5.32 Å². The number of amides is 2. The molecule has 0 fully saturated rings. The molecule has 1 aliphatic carbocycles. The van der Waals surface area contributed by atoms with Gasteiger partial charge in [-0.15, -0.1) is 0 Å². The highest BCUT2D eigenvalue weighted by atomic mass is 16.3. The number of anilines is 1. The van der Waals surface area contributed by atoms with Gasteiger partial charge in [-0.2, -0.15) is 0 Å². The molecular formula is C17H20N2O3. The summed E-state index contributed by atoms with van der Waals surface area (Å²) in [7, 11) is 0. The molecule has 3 rings (SSSR count). The van der Waals surface area contributed by atoms with Crippen LogP contribution >= 0.6 is 0 Å². The van der Waals surface area contributed by atoms with E-state index in [1.54, 1.807) is 0 Å². The second kappa shape index (κ2) is 6.34. The summed E-state index contributed by atoms with van der Waals surface area (Å²) >= 11 is 0. The van der Waals surface area contributed by atoms with Crippen molar-refractivity contribution in [2.45, 2.75) is 12.8 Å². The topological polar surface area (TPSA) is 72.8 Å². The Bertz CT molecular complexity index is 683. The molecule has 2 aromatic rings. The zero-order chi connectivity index (χ0) is 15.5. The molecule has 116 valence electrons. The van der Waals surface area contributed by atoms with Crippen molar-refractivity contribution in [3.05, 3.63) is 41.5 Å². The van der Waals surface area contributed by atoms with E-state index in [0.717, 1.165) is 23.9 Å². The number of aliphatic hydroxyl groups is 2. The molecule has 5 nitrogen and oxygen atoms in total. The summed E-state index contributed by atoms with van der Waals surface area (Å²) in [6, 6.07) is 9.86. The number of nitrogens with zero attached hydrogens (tertiary/aromatic N) is 1. The second-order valence-corrected chi connectivity index (χ2v) is 5.48. The third kappa shape index (κ3) is 2.65. The monoisotopic (exact) mass is 300 g/mol. The minimum Gasteiger partial charge on any atom is -0.395 e. The number of aryl methyl sites for hydroxylation is 2. The summed E-state index contributed by atoms with van der Waals surface area (Å²) in [6.07, 6.45) is 2.09. The minimum absolute atomic E-state index is 0.128. The van der Waals surface area contributed by atoms with Crippen molar-refractivity contribution in [2.24, 2.45) is 0 Å². The van der Waals surface area contributed by atoms with Crippen molar-refractivity contribution in [2.75, 3.05) is 31.6 Å². The molecule has 0 saturated carbocycles. The Kier molecular flexibility index (Phi) is 4.27. The number of urea groups is 1. The molecule has 0 spiro atoms. The van der Waals surface area contributed by atoms with Gasteiger partial charge in [0.15, 0.2) is 0 Å². The lowest BCUT2D eigenvalue weighted by atomic mass is 10.0. The van der Waals surface area contributed by atoms with Crippen LogP contribution in [0, 0.1) is 0 Å². The first kappa shape index (κ1) is 14.8. The minimum atomic E-state index is -0.304. The quantitative estimate of drug-likeness (QED) is 0.788. The summed E-state index contributed by atoms with van der Waals surface area (Å²) in [5.74, 6) is 0. The van der Waals surface area contributed by atoms with E-state index in [4.69, 9.17) is 10.2 Å². The predicted molar refractivity (Wildman–Crippen MR) is 86.1 cm³/mol. The van der Waals surface area contributed by atoms with E-state index in [2.05, 4.69) is 17.4 Å². The normalized spacial score (nSPS) is 12.6. The number of hydrogen-bond acceptors (Lipinski definition) is 3. The fraction of sp³-hybridized carbons (Fsp3) is 0.353. The van der Waals surface area contributed by atoms with Crippen molar-refractivity contribution >= 4 is 22.5 Å². The Morgan fingerprint density at radius 3 is 2.41 bits per heavy atom. The maximum atomic E-state index is 12.3. The first-order valence-corrected chi connectivity index (χ1v) is 7.55. The average molecular weight is 300 g/mol. The van der Waals surface area contributed by atoms with E-state index < -0.39 is 0 Å². The fourth-order valence-corrected chi connectivity index (χ4v) is 3.11. The third-order valence-corrected chi connectivity index (χ3v) is 4.15. The van der Waals surface area contributed by atoms with Gasteiger partial charge in [0.05, 0.1) is 18.9 Å². The highest BCUT2D eigenvalue weighted by Crippen LogP contribution is 2.35. The number of carbonyl (C=O) groups excluding carboxylic acids is 1. The van der Waals surface area contributed by atoms with Gasteiger partial charge in [0, 0.05) is 18.5 Å². The average Bonchev–Trinajstić information content (AvgIpc) is 2.95. The molecule has 0 heterocycles. The van der Waals surface area contributed by atoms with Gasteiger partial charge in [-0.1, -0.05) is 24.3 Å². The van der Waals surface area contributed by atoms with E-state index in [9.17, 15) is 4.79 Å². The fourth-order valence-electron chi connectivity index (χ4n) is 3.11. The highest BCUT2D eigenvalue weighted by molar-refractivity contribution is 6.04. The number of benzene rings is 2. The molecule has 0 aliphatic heterocycles. The first-order chi connectivity index (χ1) is 10.7. The van der Waals surface area contributed by atoms with Crippen LogP contribution in [0.3, 0.4) is 0 Å². The molecule has 0 saturated heterocycles. The lowest BCUT2D eigenvalue weighted by Gasteiger charge is -2.21. The molecule has 2 amide bonds. The van der Waals surface area contributed by atoms with Crippen molar-refractivity contribution in [3.8, 4) is 0 Å². The van der Waals surface area contributed by atoms with Crippen LogP contribution in [0.4, 0.5) is 10.5 Å². The van der Waals surface area contributed by atoms with E-state index in [1.807, 2.05) is 18.2 Å². The van der Waals surface area contributed by atoms with E-state index in [-0.39, 0.29) is 32.3 Å². The van der Waals surface area contributed by atoms with Gasteiger partial charge in [0.2, 0.25) is 0 Å². The van der Waals surface area contributed by atoms with Crippen LogP contribution in [-0.4, -0.2) is 47.4 Å². The zero-order valence-corrected chi connectivity index (χ0v) is 12.4. The molecule has 22 heavy (non-hydrogen) atoms. The smallest absolute Gasteiger partial charge is 0.322 e. The van der Waals surface area contributed by atoms with Crippen LogP contribution in [0.15, 0.2) is 30.3 Å². The van der Waals surface area contributed by atoms with E-state index in [1.165, 1.54) is 21.4 Å². The Morgan fingerprint density at radius 1 is 1.05 bits per heavy atom. The van der Waals surface area contributed by atoms with E-state index >= 15 is 0 Å². The predicted octanol–water partition coefficient (Wildman–Crippen LogP) is 1.76. The van der Waals surface area contributed by atoms with Gasteiger partial charge in [-0.3, -0.25) is 0 Å². The SMILES string of the molecule is O=C(Nc1ccc2c3c(cccc13)CC2)N(CCO)CCO. The molecule has 2 aromatic carbocycles. The zero-order valence-electron chi connectivity index (χ0n) is 12.4. The first-order valence-electron chi connectivity index (χ1n) is 7.55. The van der Waals surface area contributed by atoms with Gasteiger partial charge in [0.1, 0.15) is 0 Å². The molecule has 0 radical (unpaired) electrons. The Hall–Kier alpha value is -2.11. The molecular weight excluding hydrogens is 280 g/mol. The van der Waals surface area contributed by atoms with Gasteiger partial charge in [-0.25, -0.2) is 4.79 Å². The van der Waals surface area contributed by atoms with E-state index in [0.29, 0.717) is 0 Å². The number of hydrogen-bond donors (Lipinski definition) is 3. The van der Waals surface area contributed by atoms with Crippen molar-refractivity contribution in [3.63, 3.8) is 0 Å². The number of aliphatic hydroxyl groups excluding tert-OH is 2. The van der Waals surface area contributed by atoms with Crippen LogP contribution in [0.25, 0.3) is 10.8 Å². The number of nitrogens with one attached hydrogen (secondary N) is 1. The van der Waals surface area contributed by atoms with Crippen molar-refractivity contribution in [1.29, 1.82) is 0 Å². The van der Waals surface area contributed by atoms with Crippen molar-refractivity contribution in [1.82, 2.24) is 4.90 Å². The molecule has 0 unspecified atom stereocenters. The Balaban J connectivity index is 1.90. The Labute approximate surface area is 129 Å². The summed E-state index contributed by atoms with van der Waals surface area (Å²) in [6.45, 7) is 0.149. The standard InChI is InChI=1S/C17H20N2O3/c20-10-8-19(9-11-21)17(22)18-15-7-6-13-5-4-12-2-1-3-14(15)16(12)13/h1-3,6-7,20-21H,4-5,8-11H2,(H,18,22). The maximum Gasteiger partial charge on any atom is 0.322 e. The van der Waals surface area contributed by atoms with Crippen molar-refractivity contribution < 1.29 is 15.0 Å². The highest BCUT2D eigenvalue weighted by Gasteiger charge is 2.18. The lowest BCUT2D eigenvalue weighted by Crippen LogP contribution is -2.39. The summed E-state index contributed by atoms with van der Waals surface area (Å²) < 4.78 is 0. The summed E-state index contributed by atoms with van der Waals surface area (Å²) in [5, 5.41) is 23.3. The van der Waals surface area contributed by atoms with Gasteiger partial charge in [-0.05, 0) is 35.4 Å². The second-order valence-electron chi connectivity index (χ2n) is 5.48. The van der Waals surface area contributed by atoms with Crippen LogP contribution in [-0.2, 0) is 12.8 Å². The van der Waals surface area contributed by atoms with Gasteiger partial charge < -0.3 is 20.4 Å². The molecule has 3 N–H and O–H groups in total. The molecule has 0 atom stereocenters. The molecule has 0 bridgehead atoms. The molecule has 5 heteroatoms. The number of carbonyl (C=O) groups is 1. The summed E-state index contributed by atoms with van der Waals surface area (Å²) in [5.41, 5.74) is 3.42. The van der Waals surface area contributed by atoms with Gasteiger partial charge in [0.25, 0.3) is 0 Å². The van der Waals surface area contributed by atoms with Crippen LogP contribution in [0.5, 0.6) is 0 Å². The number of rotatable bonds is 5. The van der Waals surface area contributed by atoms with Gasteiger partial charge >= 0.3 is 6.03 Å². The molecule has 0 aromatic heterocycles. The largest absolute Gasteiger partial charge is 0.395 e. The third-order valence-electron chi connectivity index (χ3n) is 4.15. The molecule has 1 aliphatic rings.